The Kier molecular flexibility index (Phi) is 4.92. The summed E-state index contributed by atoms with van der Waals surface area (Å²) in [5.41, 5.74) is 0.425. The van der Waals surface area contributed by atoms with E-state index in [0.717, 1.165) is 12.1 Å². The topological polar surface area (TPSA) is 64.4 Å². The van der Waals surface area contributed by atoms with Crippen LogP contribution >= 0.6 is 0 Å². The van der Waals surface area contributed by atoms with Crippen LogP contribution < -0.4 is 10.1 Å². The number of ether oxygens (including phenoxy) is 1. The first-order valence-corrected chi connectivity index (χ1v) is 6.85. The molecular formula is C15H15F3N2O3. The molecule has 5 nitrogen and oxygen atoms in total. The maximum atomic E-state index is 12.1. The van der Waals surface area contributed by atoms with Crippen LogP contribution in [0.5, 0.6) is 5.75 Å². The Labute approximate surface area is 130 Å². The van der Waals surface area contributed by atoms with Crippen molar-refractivity contribution in [1.29, 1.82) is 0 Å². The lowest BCUT2D eigenvalue weighted by Gasteiger charge is -2.09. The van der Waals surface area contributed by atoms with Crippen LogP contribution in [0.1, 0.15) is 30.1 Å². The molecule has 0 saturated carbocycles. The summed E-state index contributed by atoms with van der Waals surface area (Å²) in [7, 11) is 0. The van der Waals surface area contributed by atoms with Gasteiger partial charge in [-0.15, -0.1) is 13.2 Å². The smallest absolute Gasteiger partial charge is 0.406 e. The molecule has 2 aromatic rings. The Bertz CT molecular complexity index is 663. The Morgan fingerprint density at radius 1 is 1.30 bits per heavy atom. The fourth-order valence-corrected chi connectivity index (χ4v) is 1.85. The molecule has 0 aliphatic heterocycles. The molecule has 0 aliphatic rings. The van der Waals surface area contributed by atoms with Crippen LogP contribution in [0.2, 0.25) is 0 Å². The van der Waals surface area contributed by atoms with Gasteiger partial charge < -0.3 is 14.6 Å². The van der Waals surface area contributed by atoms with Gasteiger partial charge in [0.05, 0.1) is 0 Å². The number of halogens is 3. The SMILES string of the molecule is CC(C)Cc1cc(C(=O)Nc2ccc(OC(F)(F)F)cc2)no1. The second-order valence-corrected chi connectivity index (χ2v) is 5.30. The van der Waals surface area contributed by atoms with Crippen LogP contribution in [0.3, 0.4) is 0 Å². The minimum absolute atomic E-state index is 0.108. The molecule has 1 aromatic carbocycles. The van der Waals surface area contributed by atoms with Crippen molar-refractivity contribution in [3.05, 3.63) is 41.8 Å². The van der Waals surface area contributed by atoms with Crippen LogP contribution in [-0.4, -0.2) is 17.4 Å². The molecule has 0 radical (unpaired) electrons. The number of hydrogen-bond acceptors (Lipinski definition) is 4. The third kappa shape index (κ3) is 5.32. The first-order chi connectivity index (χ1) is 10.7. The quantitative estimate of drug-likeness (QED) is 0.900. The Morgan fingerprint density at radius 2 is 1.96 bits per heavy atom. The van der Waals surface area contributed by atoms with Crippen molar-refractivity contribution >= 4 is 11.6 Å². The molecule has 8 heteroatoms. The number of nitrogens with one attached hydrogen (secondary N) is 1. The van der Waals surface area contributed by atoms with E-state index in [1.54, 1.807) is 0 Å². The molecule has 2 rings (SSSR count). The van der Waals surface area contributed by atoms with E-state index >= 15 is 0 Å². The van der Waals surface area contributed by atoms with Gasteiger partial charge in [0.15, 0.2) is 5.69 Å². The Hall–Kier alpha value is -2.51. The molecule has 0 spiro atoms. The van der Waals surface area contributed by atoms with Crippen LogP contribution in [0.25, 0.3) is 0 Å². The zero-order valence-electron chi connectivity index (χ0n) is 12.5. The van der Waals surface area contributed by atoms with Crippen molar-refractivity contribution < 1.29 is 27.2 Å². The molecule has 0 unspecified atom stereocenters. The number of nitrogens with zero attached hydrogens (tertiary/aromatic N) is 1. The van der Waals surface area contributed by atoms with Gasteiger partial charge >= 0.3 is 6.36 Å². The number of aromatic nitrogens is 1. The standard InChI is InChI=1S/C15H15F3N2O3/c1-9(2)7-12-8-13(20-23-12)14(21)19-10-3-5-11(6-4-10)22-15(16,17)18/h3-6,8-9H,7H2,1-2H3,(H,19,21). The van der Waals surface area contributed by atoms with Crippen LogP contribution in [0.15, 0.2) is 34.9 Å². The summed E-state index contributed by atoms with van der Waals surface area (Å²) in [5, 5.41) is 6.19. The molecule has 1 amide bonds. The van der Waals surface area contributed by atoms with Crippen molar-refractivity contribution in [3.63, 3.8) is 0 Å². The number of carbonyl (C=O) groups is 1. The summed E-state index contributed by atoms with van der Waals surface area (Å²) >= 11 is 0. The minimum atomic E-state index is -4.75. The first-order valence-electron chi connectivity index (χ1n) is 6.85. The molecule has 124 valence electrons. The highest BCUT2D eigenvalue weighted by Gasteiger charge is 2.31. The highest BCUT2D eigenvalue weighted by atomic mass is 19.4. The van der Waals surface area contributed by atoms with Crippen molar-refractivity contribution in [1.82, 2.24) is 5.16 Å². The average Bonchev–Trinajstić information content (AvgIpc) is 2.87. The van der Waals surface area contributed by atoms with Crippen molar-refractivity contribution in [2.75, 3.05) is 5.32 Å². The van der Waals surface area contributed by atoms with Crippen LogP contribution in [0.4, 0.5) is 18.9 Å². The normalized spacial score (nSPS) is 11.6. The molecule has 0 fully saturated rings. The van der Waals surface area contributed by atoms with E-state index in [0.29, 0.717) is 23.8 Å². The number of rotatable bonds is 5. The summed E-state index contributed by atoms with van der Waals surface area (Å²) in [4.78, 5) is 12.0. The molecule has 1 N–H and O–H groups in total. The third-order valence-electron chi connectivity index (χ3n) is 2.75. The summed E-state index contributed by atoms with van der Waals surface area (Å²) in [6.07, 6.45) is -4.10. The van der Waals surface area contributed by atoms with Crippen molar-refractivity contribution in [2.24, 2.45) is 5.92 Å². The fraction of sp³-hybridized carbons (Fsp3) is 0.333. The maximum Gasteiger partial charge on any atom is 0.573 e. The number of amides is 1. The van der Waals surface area contributed by atoms with E-state index in [9.17, 15) is 18.0 Å². The second-order valence-electron chi connectivity index (χ2n) is 5.30. The minimum Gasteiger partial charge on any atom is -0.406 e. The van der Waals surface area contributed by atoms with E-state index in [1.807, 2.05) is 13.8 Å². The average molecular weight is 328 g/mol. The molecular weight excluding hydrogens is 313 g/mol. The van der Waals surface area contributed by atoms with Gasteiger partial charge in [0.2, 0.25) is 0 Å². The van der Waals surface area contributed by atoms with Crippen molar-refractivity contribution in [3.8, 4) is 5.75 Å². The number of alkyl halides is 3. The highest BCUT2D eigenvalue weighted by Crippen LogP contribution is 2.24. The van der Waals surface area contributed by atoms with Gasteiger partial charge in [0, 0.05) is 18.2 Å². The fourth-order valence-electron chi connectivity index (χ4n) is 1.85. The van der Waals surface area contributed by atoms with E-state index in [4.69, 9.17) is 4.52 Å². The largest absolute Gasteiger partial charge is 0.573 e. The molecule has 1 aromatic heterocycles. The van der Waals surface area contributed by atoms with Crippen LogP contribution in [-0.2, 0) is 6.42 Å². The van der Waals surface area contributed by atoms with Gasteiger partial charge in [-0.05, 0) is 30.2 Å². The monoisotopic (exact) mass is 328 g/mol. The number of carbonyl (C=O) groups excluding carboxylic acids is 1. The number of hydrogen-bond donors (Lipinski definition) is 1. The van der Waals surface area contributed by atoms with Gasteiger partial charge in [-0.1, -0.05) is 19.0 Å². The highest BCUT2D eigenvalue weighted by molar-refractivity contribution is 6.02. The second kappa shape index (κ2) is 6.72. The molecule has 23 heavy (non-hydrogen) atoms. The summed E-state index contributed by atoms with van der Waals surface area (Å²) in [6.45, 7) is 4.01. The lowest BCUT2D eigenvalue weighted by atomic mass is 10.1. The van der Waals surface area contributed by atoms with Crippen molar-refractivity contribution in [2.45, 2.75) is 26.6 Å². The predicted molar refractivity (Wildman–Crippen MR) is 76.1 cm³/mol. The maximum absolute atomic E-state index is 12.1. The van der Waals surface area contributed by atoms with E-state index in [-0.39, 0.29) is 11.4 Å². The molecule has 0 bridgehead atoms. The predicted octanol–water partition coefficient (Wildman–Crippen LogP) is 4.02. The van der Waals surface area contributed by atoms with Gasteiger partial charge in [0.1, 0.15) is 11.5 Å². The summed E-state index contributed by atoms with van der Waals surface area (Å²) in [6, 6.07) is 6.35. The van der Waals surface area contributed by atoms with Gasteiger partial charge in [0.25, 0.3) is 5.91 Å². The number of benzene rings is 1. The molecule has 0 atom stereocenters. The van der Waals surface area contributed by atoms with Crippen LogP contribution in [0, 0.1) is 5.92 Å². The zero-order valence-corrected chi connectivity index (χ0v) is 12.5. The van der Waals surface area contributed by atoms with Gasteiger partial charge in [-0.25, -0.2) is 0 Å². The Morgan fingerprint density at radius 3 is 2.52 bits per heavy atom. The lowest BCUT2D eigenvalue weighted by Crippen LogP contribution is -2.17. The van der Waals surface area contributed by atoms with E-state index < -0.39 is 12.3 Å². The van der Waals surface area contributed by atoms with Gasteiger partial charge in [-0.2, -0.15) is 0 Å². The molecule has 1 heterocycles. The Balaban J connectivity index is 1.98. The molecule has 0 saturated heterocycles. The first kappa shape index (κ1) is 16.9. The number of anilines is 1. The lowest BCUT2D eigenvalue weighted by molar-refractivity contribution is -0.274. The van der Waals surface area contributed by atoms with E-state index in [1.165, 1.54) is 18.2 Å². The zero-order chi connectivity index (χ0) is 17.0. The van der Waals surface area contributed by atoms with E-state index in [2.05, 4.69) is 15.2 Å². The summed E-state index contributed by atoms with van der Waals surface area (Å²) < 4.78 is 45.0. The summed E-state index contributed by atoms with van der Waals surface area (Å²) in [5.74, 6) is 0.0866. The molecule has 0 aliphatic carbocycles. The van der Waals surface area contributed by atoms with Gasteiger partial charge in [-0.3, -0.25) is 4.79 Å². The third-order valence-corrected chi connectivity index (χ3v) is 2.75.